The van der Waals surface area contributed by atoms with Crippen LogP contribution in [0.3, 0.4) is 0 Å². The average Bonchev–Trinajstić information content (AvgIpc) is 2.28. The van der Waals surface area contributed by atoms with Gasteiger partial charge in [-0.15, -0.1) is 0 Å². The third kappa shape index (κ3) is 2.70. The number of rotatable bonds is 5. The summed E-state index contributed by atoms with van der Waals surface area (Å²) in [7, 11) is 0. The summed E-state index contributed by atoms with van der Waals surface area (Å²) in [6.07, 6.45) is 0.258. The number of carbonyl (C=O) groups is 1. The quantitative estimate of drug-likeness (QED) is 0.849. The molecule has 0 aromatic heterocycles. The molecule has 0 spiro atoms. The first-order valence-corrected chi connectivity index (χ1v) is 6.04. The highest BCUT2D eigenvalue weighted by molar-refractivity contribution is 5.72. The zero-order chi connectivity index (χ0) is 13.9. The molecule has 2 N–H and O–H groups in total. The van der Waals surface area contributed by atoms with Crippen molar-refractivity contribution >= 4 is 5.97 Å². The Morgan fingerprint density at radius 1 is 1.33 bits per heavy atom. The smallest absolute Gasteiger partial charge is 0.310 e. The second-order valence-electron chi connectivity index (χ2n) is 4.84. The molecule has 0 aliphatic heterocycles. The van der Waals surface area contributed by atoms with Crippen molar-refractivity contribution < 1.29 is 19.4 Å². The van der Waals surface area contributed by atoms with E-state index in [2.05, 4.69) is 0 Å². The van der Waals surface area contributed by atoms with E-state index in [4.69, 9.17) is 0 Å². The maximum absolute atomic E-state index is 12.9. The van der Waals surface area contributed by atoms with Crippen molar-refractivity contribution in [3.8, 4) is 0 Å². The fraction of sp³-hybridized carbons (Fsp3) is 0.500. The molecule has 0 saturated carbocycles. The molecule has 2 atom stereocenters. The van der Waals surface area contributed by atoms with Crippen LogP contribution in [0.1, 0.15) is 32.8 Å². The normalized spacial score (nSPS) is 16.3. The van der Waals surface area contributed by atoms with Crippen LogP contribution in [0.2, 0.25) is 0 Å². The van der Waals surface area contributed by atoms with Crippen molar-refractivity contribution in [2.24, 2.45) is 11.8 Å². The van der Waals surface area contributed by atoms with E-state index in [1.54, 1.807) is 20.8 Å². The van der Waals surface area contributed by atoms with Gasteiger partial charge in [0.2, 0.25) is 0 Å². The predicted octanol–water partition coefficient (Wildman–Crippen LogP) is 2.78. The van der Waals surface area contributed by atoms with Gasteiger partial charge in [-0.3, -0.25) is 4.79 Å². The molecule has 0 bridgehead atoms. The summed E-state index contributed by atoms with van der Waals surface area (Å²) in [6, 6.07) is 5.35. The minimum Gasteiger partial charge on any atom is -0.481 e. The summed E-state index contributed by atoms with van der Waals surface area (Å²) in [6.45, 7) is 5.23. The van der Waals surface area contributed by atoms with Gasteiger partial charge >= 0.3 is 5.97 Å². The lowest BCUT2D eigenvalue weighted by molar-refractivity contribution is -0.157. The second-order valence-corrected chi connectivity index (χ2v) is 4.84. The lowest BCUT2D eigenvalue weighted by Gasteiger charge is -2.35. The molecule has 100 valence electrons. The largest absolute Gasteiger partial charge is 0.481 e. The molecule has 3 nitrogen and oxygen atoms in total. The van der Waals surface area contributed by atoms with Gasteiger partial charge in [-0.25, -0.2) is 4.39 Å². The second kappa shape index (κ2) is 5.48. The first kappa shape index (κ1) is 14.6. The van der Waals surface area contributed by atoms with E-state index < -0.39 is 23.3 Å². The molecule has 0 fully saturated rings. The fourth-order valence-electron chi connectivity index (χ4n) is 2.38. The van der Waals surface area contributed by atoms with Crippen molar-refractivity contribution in [3.63, 3.8) is 0 Å². The number of aliphatic carboxylic acids is 1. The zero-order valence-electron chi connectivity index (χ0n) is 10.9. The number of hydrogen-bond donors (Lipinski definition) is 2. The summed E-state index contributed by atoms with van der Waals surface area (Å²) in [5.74, 6) is -2.60. The van der Waals surface area contributed by atoms with Crippen molar-refractivity contribution in [1.82, 2.24) is 0 Å². The van der Waals surface area contributed by atoms with E-state index in [0.29, 0.717) is 5.56 Å². The first-order valence-electron chi connectivity index (χ1n) is 6.04. The third-order valence-corrected chi connectivity index (χ3v) is 3.33. The highest BCUT2D eigenvalue weighted by Gasteiger charge is 2.43. The minimum atomic E-state index is -1.48. The van der Waals surface area contributed by atoms with Crippen LogP contribution in [0.5, 0.6) is 0 Å². The Morgan fingerprint density at radius 2 is 1.83 bits per heavy atom. The molecule has 0 saturated heterocycles. The average molecular weight is 254 g/mol. The van der Waals surface area contributed by atoms with Gasteiger partial charge < -0.3 is 10.2 Å². The standard InChI is InChI=1S/C14H19FO3/c1-4-14(18,12(9(2)3)13(16)17)10-5-7-11(15)8-6-10/h5-9,12,18H,4H2,1-3H3,(H,16,17). The molecule has 0 aliphatic carbocycles. The van der Waals surface area contributed by atoms with Gasteiger partial charge in [0.25, 0.3) is 0 Å². The summed E-state index contributed by atoms with van der Waals surface area (Å²) in [5, 5.41) is 20.0. The number of carboxylic acids is 1. The lowest BCUT2D eigenvalue weighted by Crippen LogP contribution is -2.42. The van der Waals surface area contributed by atoms with E-state index in [-0.39, 0.29) is 12.3 Å². The molecule has 0 heterocycles. The molecule has 2 unspecified atom stereocenters. The molecular formula is C14H19FO3. The van der Waals surface area contributed by atoms with Gasteiger partial charge in [0.1, 0.15) is 11.4 Å². The Labute approximate surface area is 106 Å². The number of hydrogen-bond acceptors (Lipinski definition) is 2. The van der Waals surface area contributed by atoms with Gasteiger partial charge in [0.15, 0.2) is 0 Å². The van der Waals surface area contributed by atoms with Crippen molar-refractivity contribution in [2.75, 3.05) is 0 Å². The van der Waals surface area contributed by atoms with E-state index in [9.17, 15) is 19.4 Å². The highest BCUT2D eigenvalue weighted by atomic mass is 19.1. The van der Waals surface area contributed by atoms with Crippen LogP contribution in [0, 0.1) is 17.7 Å². The topological polar surface area (TPSA) is 57.5 Å². The van der Waals surface area contributed by atoms with E-state index in [1.165, 1.54) is 24.3 Å². The van der Waals surface area contributed by atoms with Crippen LogP contribution < -0.4 is 0 Å². The number of benzene rings is 1. The zero-order valence-corrected chi connectivity index (χ0v) is 10.9. The minimum absolute atomic E-state index is 0.225. The molecule has 0 amide bonds. The summed E-state index contributed by atoms with van der Waals surface area (Å²) in [4.78, 5) is 11.4. The molecule has 1 rings (SSSR count). The predicted molar refractivity (Wildman–Crippen MR) is 66.6 cm³/mol. The van der Waals surface area contributed by atoms with Gasteiger partial charge in [-0.1, -0.05) is 32.9 Å². The van der Waals surface area contributed by atoms with Crippen molar-refractivity contribution in [1.29, 1.82) is 0 Å². The molecule has 0 radical (unpaired) electrons. The molecule has 0 aliphatic rings. The first-order chi connectivity index (χ1) is 8.32. The highest BCUT2D eigenvalue weighted by Crippen LogP contribution is 2.37. The van der Waals surface area contributed by atoms with Crippen LogP contribution >= 0.6 is 0 Å². The SMILES string of the molecule is CCC(O)(c1ccc(F)cc1)C(C(=O)O)C(C)C. The van der Waals surface area contributed by atoms with Crippen molar-refractivity contribution in [3.05, 3.63) is 35.6 Å². The maximum Gasteiger partial charge on any atom is 0.310 e. The molecule has 4 heteroatoms. The summed E-state index contributed by atoms with van der Waals surface area (Å²) in [5.41, 5.74) is -1.04. The van der Waals surface area contributed by atoms with Gasteiger partial charge in [-0.2, -0.15) is 0 Å². The maximum atomic E-state index is 12.9. The van der Waals surface area contributed by atoms with E-state index in [0.717, 1.165) is 0 Å². The van der Waals surface area contributed by atoms with Gasteiger partial charge in [0.05, 0.1) is 5.92 Å². The van der Waals surface area contributed by atoms with Gasteiger partial charge in [-0.05, 0) is 30.0 Å². The molecule has 18 heavy (non-hydrogen) atoms. The van der Waals surface area contributed by atoms with Crippen LogP contribution in [0.4, 0.5) is 4.39 Å². The molecular weight excluding hydrogens is 235 g/mol. The Kier molecular flexibility index (Phi) is 4.46. The Hall–Kier alpha value is -1.42. The summed E-state index contributed by atoms with van der Waals surface area (Å²) < 4.78 is 12.9. The molecule has 1 aromatic rings. The third-order valence-electron chi connectivity index (χ3n) is 3.33. The number of aliphatic hydroxyl groups is 1. The van der Waals surface area contributed by atoms with Crippen LogP contribution in [-0.2, 0) is 10.4 Å². The number of carboxylic acid groups (broad SMARTS) is 1. The van der Waals surface area contributed by atoms with Crippen LogP contribution in [0.25, 0.3) is 0 Å². The monoisotopic (exact) mass is 254 g/mol. The Bertz CT molecular complexity index is 414. The van der Waals surface area contributed by atoms with Crippen LogP contribution in [-0.4, -0.2) is 16.2 Å². The summed E-state index contributed by atoms with van der Waals surface area (Å²) >= 11 is 0. The van der Waals surface area contributed by atoms with E-state index >= 15 is 0 Å². The number of halogens is 1. The van der Waals surface area contributed by atoms with E-state index in [1.807, 2.05) is 0 Å². The lowest BCUT2D eigenvalue weighted by atomic mass is 9.74. The fourth-order valence-corrected chi connectivity index (χ4v) is 2.38. The Morgan fingerprint density at radius 3 is 2.17 bits per heavy atom. The molecule has 1 aromatic carbocycles. The Balaban J connectivity index is 3.26. The van der Waals surface area contributed by atoms with Crippen LogP contribution in [0.15, 0.2) is 24.3 Å². The van der Waals surface area contributed by atoms with Gasteiger partial charge in [0, 0.05) is 0 Å². The van der Waals surface area contributed by atoms with Crippen molar-refractivity contribution in [2.45, 2.75) is 32.8 Å².